The molecule has 3 nitrogen and oxygen atoms in total. The highest BCUT2D eigenvalue weighted by atomic mass is 32.1. The van der Waals surface area contributed by atoms with Crippen molar-refractivity contribution >= 4 is 21.6 Å². The SMILES string of the molecule is O=c1oc2cccc(CC3CCNC3)c2s1. The maximum atomic E-state index is 11.2. The van der Waals surface area contributed by atoms with Crippen molar-refractivity contribution in [1.82, 2.24) is 5.32 Å². The number of nitrogens with one attached hydrogen (secondary N) is 1. The van der Waals surface area contributed by atoms with Crippen LogP contribution in [0.5, 0.6) is 0 Å². The molecule has 0 bridgehead atoms. The Hall–Kier alpha value is -1.13. The number of benzene rings is 1. The van der Waals surface area contributed by atoms with Crippen LogP contribution in [0.1, 0.15) is 12.0 Å². The van der Waals surface area contributed by atoms with Gasteiger partial charge in [0.05, 0.1) is 4.70 Å². The van der Waals surface area contributed by atoms with Crippen LogP contribution in [0.4, 0.5) is 0 Å². The molecule has 84 valence electrons. The molecule has 1 unspecified atom stereocenters. The molecule has 0 radical (unpaired) electrons. The first-order valence-corrected chi connectivity index (χ1v) is 6.37. The first kappa shape index (κ1) is 10.1. The monoisotopic (exact) mass is 235 g/mol. The number of hydrogen-bond donors (Lipinski definition) is 1. The zero-order valence-electron chi connectivity index (χ0n) is 8.86. The van der Waals surface area contributed by atoms with Crippen LogP contribution in [0.15, 0.2) is 27.4 Å². The molecular weight excluding hydrogens is 222 g/mol. The Kier molecular flexibility index (Phi) is 2.53. The summed E-state index contributed by atoms with van der Waals surface area (Å²) < 4.78 is 6.15. The molecule has 1 aliphatic rings. The molecule has 0 aliphatic carbocycles. The minimum absolute atomic E-state index is 0.202. The second kappa shape index (κ2) is 4.03. The highest BCUT2D eigenvalue weighted by Gasteiger charge is 2.17. The minimum atomic E-state index is -0.202. The maximum absolute atomic E-state index is 11.2. The van der Waals surface area contributed by atoms with Crippen LogP contribution in [0.3, 0.4) is 0 Å². The van der Waals surface area contributed by atoms with E-state index in [0.29, 0.717) is 5.92 Å². The summed E-state index contributed by atoms with van der Waals surface area (Å²) in [5.74, 6) is 0.697. The minimum Gasteiger partial charge on any atom is -0.414 e. The van der Waals surface area contributed by atoms with Gasteiger partial charge in [0.15, 0.2) is 0 Å². The van der Waals surface area contributed by atoms with Gasteiger partial charge in [-0.1, -0.05) is 23.5 Å². The van der Waals surface area contributed by atoms with Crippen molar-refractivity contribution in [2.24, 2.45) is 5.92 Å². The van der Waals surface area contributed by atoms with Crippen molar-refractivity contribution in [1.29, 1.82) is 0 Å². The van der Waals surface area contributed by atoms with Crippen LogP contribution < -0.4 is 10.3 Å². The Morgan fingerprint density at radius 3 is 3.25 bits per heavy atom. The largest absolute Gasteiger partial charge is 0.414 e. The van der Waals surface area contributed by atoms with E-state index in [1.165, 1.54) is 23.3 Å². The highest BCUT2D eigenvalue weighted by molar-refractivity contribution is 7.16. The van der Waals surface area contributed by atoms with Crippen LogP contribution >= 0.6 is 11.3 Å². The Morgan fingerprint density at radius 1 is 1.50 bits per heavy atom. The van der Waals surface area contributed by atoms with Gasteiger partial charge in [-0.05, 0) is 43.5 Å². The molecule has 16 heavy (non-hydrogen) atoms. The normalized spacial score (nSPS) is 20.6. The van der Waals surface area contributed by atoms with Crippen molar-refractivity contribution in [3.05, 3.63) is 33.5 Å². The summed E-state index contributed by atoms with van der Waals surface area (Å²) in [7, 11) is 0. The molecule has 1 saturated heterocycles. The van der Waals surface area contributed by atoms with Gasteiger partial charge >= 0.3 is 4.94 Å². The van der Waals surface area contributed by atoms with E-state index in [4.69, 9.17) is 4.42 Å². The van der Waals surface area contributed by atoms with Gasteiger partial charge < -0.3 is 9.73 Å². The number of rotatable bonds is 2. The number of hydrogen-bond acceptors (Lipinski definition) is 4. The molecule has 4 heteroatoms. The summed E-state index contributed by atoms with van der Waals surface area (Å²) in [6.07, 6.45) is 2.27. The predicted octanol–water partition coefficient (Wildman–Crippen LogP) is 2.01. The first-order chi connectivity index (χ1) is 7.83. The molecule has 1 aliphatic heterocycles. The third-order valence-corrected chi connectivity index (χ3v) is 4.03. The zero-order valence-corrected chi connectivity index (χ0v) is 9.68. The van der Waals surface area contributed by atoms with E-state index >= 15 is 0 Å². The van der Waals surface area contributed by atoms with Crippen molar-refractivity contribution in [3.63, 3.8) is 0 Å². The third-order valence-electron chi connectivity index (χ3n) is 3.11. The van der Waals surface area contributed by atoms with Crippen molar-refractivity contribution < 1.29 is 4.42 Å². The summed E-state index contributed by atoms with van der Waals surface area (Å²) in [5.41, 5.74) is 1.99. The smallest absolute Gasteiger partial charge is 0.396 e. The van der Waals surface area contributed by atoms with Crippen LogP contribution in [0, 0.1) is 5.92 Å². The lowest BCUT2D eigenvalue weighted by molar-refractivity contribution is 0.577. The Morgan fingerprint density at radius 2 is 2.44 bits per heavy atom. The van der Waals surface area contributed by atoms with Gasteiger partial charge in [-0.2, -0.15) is 0 Å². The van der Waals surface area contributed by atoms with E-state index in [-0.39, 0.29) is 4.94 Å². The zero-order chi connectivity index (χ0) is 11.0. The summed E-state index contributed by atoms with van der Waals surface area (Å²) >= 11 is 1.22. The molecule has 1 aromatic heterocycles. The molecule has 1 atom stereocenters. The van der Waals surface area contributed by atoms with Crippen LogP contribution in [0.2, 0.25) is 0 Å². The average Bonchev–Trinajstić information content (AvgIpc) is 2.86. The quantitative estimate of drug-likeness (QED) is 0.865. The first-order valence-electron chi connectivity index (χ1n) is 5.55. The van der Waals surface area contributed by atoms with Gasteiger partial charge in [-0.3, -0.25) is 0 Å². The lowest BCUT2D eigenvalue weighted by Crippen LogP contribution is -2.10. The second-order valence-electron chi connectivity index (χ2n) is 4.26. The Bertz CT molecular complexity index is 551. The molecule has 0 amide bonds. The van der Waals surface area contributed by atoms with E-state index in [2.05, 4.69) is 11.4 Å². The van der Waals surface area contributed by atoms with Gasteiger partial charge in [0.1, 0.15) is 5.58 Å². The van der Waals surface area contributed by atoms with E-state index in [1.807, 2.05) is 12.1 Å². The highest BCUT2D eigenvalue weighted by Crippen LogP contribution is 2.25. The van der Waals surface area contributed by atoms with Crippen LogP contribution in [0.25, 0.3) is 10.3 Å². The van der Waals surface area contributed by atoms with E-state index < -0.39 is 0 Å². The fourth-order valence-electron chi connectivity index (χ4n) is 2.31. The Labute approximate surface area is 97.1 Å². The molecule has 3 rings (SSSR count). The fraction of sp³-hybridized carbons (Fsp3) is 0.417. The summed E-state index contributed by atoms with van der Waals surface area (Å²) in [4.78, 5) is 11.0. The van der Waals surface area contributed by atoms with Crippen LogP contribution in [-0.4, -0.2) is 13.1 Å². The van der Waals surface area contributed by atoms with Gasteiger partial charge in [0.2, 0.25) is 0 Å². The van der Waals surface area contributed by atoms with E-state index in [0.717, 1.165) is 29.8 Å². The molecule has 2 aromatic rings. The summed E-state index contributed by atoms with van der Waals surface area (Å²) in [5, 5.41) is 3.36. The lowest BCUT2D eigenvalue weighted by Gasteiger charge is -2.07. The Balaban J connectivity index is 1.98. The van der Waals surface area contributed by atoms with Crippen molar-refractivity contribution in [3.8, 4) is 0 Å². The van der Waals surface area contributed by atoms with E-state index in [1.54, 1.807) is 0 Å². The second-order valence-corrected chi connectivity index (χ2v) is 5.21. The lowest BCUT2D eigenvalue weighted by atomic mass is 9.99. The molecule has 2 heterocycles. The molecule has 0 spiro atoms. The van der Waals surface area contributed by atoms with Crippen LogP contribution in [-0.2, 0) is 6.42 Å². The predicted molar refractivity (Wildman–Crippen MR) is 65.0 cm³/mol. The van der Waals surface area contributed by atoms with Gasteiger partial charge in [-0.25, -0.2) is 4.79 Å². The fourth-order valence-corrected chi connectivity index (χ4v) is 3.10. The number of fused-ring (bicyclic) bond motifs is 1. The van der Waals surface area contributed by atoms with Gasteiger partial charge in [0.25, 0.3) is 0 Å². The summed E-state index contributed by atoms with van der Waals surface area (Å²) in [6.45, 7) is 2.20. The van der Waals surface area contributed by atoms with E-state index in [9.17, 15) is 4.79 Å². The van der Waals surface area contributed by atoms with Crippen molar-refractivity contribution in [2.75, 3.05) is 13.1 Å². The molecule has 1 N–H and O–H groups in total. The average molecular weight is 235 g/mol. The summed E-state index contributed by atoms with van der Waals surface area (Å²) in [6, 6.07) is 5.94. The third kappa shape index (κ3) is 1.79. The van der Waals surface area contributed by atoms with Gasteiger partial charge in [0, 0.05) is 0 Å². The topological polar surface area (TPSA) is 42.2 Å². The standard InChI is InChI=1S/C12H13NO2S/c14-12-15-10-3-1-2-9(11(10)16-12)6-8-4-5-13-7-8/h1-3,8,13H,4-7H2. The maximum Gasteiger partial charge on any atom is 0.396 e. The van der Waals surface area contributed by atoms with Gasteiger partial charge in [-0.15, -0.1) is 0 Å². The molecule has 1 aromatic carbocycles. The molecular formula is C12H13NO2S. The molecule has 0 saturated carbocycles. The molecule has 1 fully saturated rings. The van der Waals surface area contributed by atoms with Crippen molar-refractivity contribution in [2.45, 2.75) is 12.8 Å².